The Hall–Kier alpha value is -1.93. The first-order chi connectivity index (χ1) is 12.0. The van der Waals surface area contributed by atoms with Crippen molar-refractivity contribution in [2.75, 3.05) is 7.05 Å². The topological polar surface area (TPSA) is 53.9 Å². The number of nitrogens with zero attached hydrogens (tertiary/aromatic N) is 2. The lowest BCUT2D eigenvalue weighted by molar-refractivity contribution is 0.0515. The maximum absolute atomic E-state index is 12.1. The number of carbonyl (C=O) groups excluding carboxylic acids is 1. The molecule has 1 N–H and O–H groups in total. The van der Waals surface area contributed by atoms with E-state index in [9.17, 15) is 4.79 Å². The number of thioether (sulfide) groups is 1. The van der Waals surface area contributed by atoms with Crippen molar-refractivity contribution in [2.45, 2.75) is 6.04 Å². The summed E-state index contributed by atoms with van der Waals surface area (Å²) in [6, 6.07) is 15.9. The molecular formula is C17H14ClN3O2S2. The van der Waals surface area contributed by atoms with Gasteiger partial charge in [-0.15, -0.1) is 0 Å². The number of thiocarbonyl (C=S) groups is 1. The minimum atomic E-state index is -0.554. The number of carbonyl (C=O) groups is 1. The third-order valence-corrected chi connectivity index (χ3v) is 5.21. The Bertz CT molecular complexity index is 812. The first kappa shape index (κ1) is 17.9. The predicted octanol–water partition coefficient (Wildman–Crippen LogP) is 4.02. The molecule has 0 spiro atoms. The van der Waals surface area contributed by atoms with Crippen LogP contribution in [0.15, 0.2) is 59.8 Å². The molecule has 0 saturated carbocycles. The minimum absolute atomic E-state index is 0.249. The second-order valence-electron chi connectivity index (χ2n) is 5.21. The highest BCUT2D eigenvalue weighted by molar-refractivity contribution is 8.33. The highest BCUT2D eigenvalue weighted by Crippen LogP contribution is 2.28. The summed E-state index contributed by atoms with van der Waals surface area (Å²) < 4.78 is 0.591. The van der Waals surface area contributed by atoms with Crippen molar-refractivity contribution in [1.29, 1.82) is 0 Å². The van der Waals surface area contributed by atoms with E-state index < -0.39 is 5.97 Å². The Morgan fingerprint density at radius 2 is 1.92 bits per heavy atom. The van der Waals surface area contributed by atoms with Crippen molar-refractivity contribution in [1.82, 2.24) is 10.4 Å². The SMILES string of the molecule is CN1NC(c2ccccc2)/C(=N\OC(=O)c2ccc(Cl)cc2)SC1=S. The van der Waals surface area contributed by atoms with E-state index in [1.54, 1.807) is 29.3 Å². The molecule has 1 atom stereocenters. The summed E-state index contributed by atoms with van der Waals surface area (Å²) in [7, 11) is 1.84. The van der Waals surface area contributed by atoms with Gasteiger partial charge in [-0.05, 0) is 41.6 Å². The number of hydrogen-bond donors (Lipinski definition) is 1. The molecule has 3 rings (SSSR count). The van der Waals surface area contributed by atoms with Gasteiger partial charge >= 0.3 is 5.97 Å². The van der Waals surface area contributed by atoms with Crippen LogP contribution in [0, 0.1) is 0 Å². The average Bonchev–Trinajstić information content (AvgIpc) is 2.63. The van der Waals surface area contributed by atoms with Crippen LogP contribution < -0.4 is 5.43 Å². The molecule has 1 fully saturated rings. The Morgan fingerprint density at radius 3 is 2.60 bits per heavy atom. The number of nitrogens with one attached hydrogen (secondary N) is 1. The van der Waals surface area contributed by atoms with E-state index in [1.807, 2.05) is 37.4 Å². The van der Waals surface area contributed by atoms with Gasteiger partial charge in [0.15, 0.2) is 4.32 Å². The van der Waals surface area contributed by atoms with E-state index in [0.717, 1.165) is 5.56 Å². The lowest BCUT2D eigenvalue weighted by Gasteiger charge is -2.33. The van der Waals surface area contributed by atoms with Crippen molar-refractivity contribution in [3.8, 4) is 0 Å². The molecule has 0 amide bonds. The molecule has 0 aliphatic carbocycles. The molecule has 1 aliphatic rings. The van der Waals surface area contributed by atoms with E-state index in [1.165, 1.54) is 11.8 Å². The van der Waals surface area contributed by atoms with Crippen LogP contribution in [0.25, 0.3) is 0 Å². The van der Waals surface area contributed by atoms with Crippen molar-refractivity contribution < 1.29 is 9.63 Å². The highest BCUT2D eigenvalue weighted by Gasteiger charge is 2.29. The summed E-state index contributed by atoms with van der Waals surface area (Å²) in [5, 5.41) is 6.91. The minimum Gasteiger partial charge on any atom is -0.312 e. The largest absolute Gasteiger partial charge is 0.365 e. The average molecular weight is 392 g/mol. The number of rotatable bonds is 3. The van der Waals surface area contributed by atoms with Crippen LogP contribution in [0.4, 0.5) is 0 Å². The van der Waals surface area contributed by atoms with E-state index in [4.69, 9.17) is 28.7 Å². The van der Waals surface area contributed by atoms with Gasteiger partial charge < -0.3 is 4.84 Å². The lowest BCUT2D eigenvalue weighted by Crippen LogP contribution is -2.47. The molecule has 2 aromatic rings. The molecule has 25 heavy (non-hydrogen) atoms. The van der Waals surface area contributed by atoms with Crippen LogP contribution in [0.2, 0.25) is 5.02 Å². The molecular weight excluding hydrogens is 378 g/mol. The van der Waals surface area contributed by atoms with Gasteiger partial charge in [-0.25, -0.2) is 10.2 Å². The number of halogens is 1. The van der Waals surface area contributed by atoms with Gasteiger partial charge in [0.25, 0.3) is 0 Å². The quantitative estimate of drug-likeness (QED) is 0.484. The van der Waals surface area contributed by atoms with Crippen molar-refractivity contribution >= 4 is 50.9 Å². The molecule has 1 unspecified atom stereocenters. The monoisotopic (exact) mass is 391 g/mol. The molecule has 0 bridgehead atoms. The van der Waals surface area contributed by atoms with Gasteiger partial charge in [-0.3, -0.25) is 5.01 Å². The molecule has 5 nitrogen and oxygen atoms in total. The van der Waals surface area contributed by atoms with Gasteiger partial charge in [0, 0.05) is 12.1 Å². The summed E-state index contributed by atoms with van der Waals surface area (Å²) in [5.74, 6) is -0.554. The van der Waals surface area contributed by atoms with E-state index in [0.29, 0.717) is 20.0 Å². The van der Waals surface area contributed by atoms with Crippen LogP contribution in [-0.2, 0) is 4.84 Å². The first-order valence-electron chi connectivity index (χ1n) is 7.36. The molecule has 1 saturated heterocycles. The summed E-state index contributed by atoms with van der Waals surface area (Å²) >= 11 is 12.4. The van der Waals surface area contributed by atoms with Crippen LogP contribution in [0.3, 0.4) is 0 Å². The maximum atomic E-state index is 12.1. The van der Waals surface area contributed by atoms with Crippen molar-refractivity contribution in [3.63, 3.8) is 0 Å². The molecule has 1 aliphatic heterocycles. The lowest BCUT2D eigenvalue weighted by atomic mass is 10.1. The standard InChI is InChI=1S/C17H14ClN3O2S2/c1-21-17(24)25-15(14(19-21)11-5-3-2-4-6-11)20-23-16(22)12-7-9-13(18)10-8-12/h2-10,14,19H,1H3/b20-15+. The van der Waals surface area contributed by atoms with Gasteiger partial charge in [0.05, 0.1) is 5.56 Å². The van der Waals surface area contributed by atoms with Crippen molar-refractivity contribution in [3.05, 3.63) is 70.7 Å². The third-order valence-electron chi connectivity index (χ3n) is 3.47. The van der Waals surface area contributed by atoms with E-state index in [2.05, 4.69) is 10.6 Å². The van der Waals surface area contributed by atoms with Gasteiger partial charge in [0.2, 0.25) is 0 Å². The Balaban J connectivity index is 1.81. The van der Waals surface area contributed by atoms with E-state index in [-0.39, 0.29) is 6.04 Å². The molecule has 128 valence electrons. The Labute approximate surface area is 159 Å². The molecule has 0 aromatic heterocycles. The van der Waals surface area contributed by atoms with Crippen LogP contribution in [-0.4, -0.2) is 27.4 Å². The molecule has 1 heterocycles. The molecule has 8 heteroatoms. The van der Waals surface area contributed by atoms with Gasteiger partial charge in [-0.2, -0.15) is 0 Å². The third kappa shape index (κ3) is 4.38. The fourth-order valence-electron chi connectivity index (χ4n) is 2.18. The fraction of sp³-hybridized carbons (Fsp3) is 0.118. The summed E-state index contributed by atoms with van der Waals surface area (Å²) in [6.07, 6.45) is 0. The van der Waals surface area contributed by atoms with Crippen LogP contribution in [0.5, 0.6) is 0 Å². The summed E-state index contributed by atoms with van der Waals surface area (Å²) in [6.45, 7) is 0. The molecule has 2 aromatic carbocycles. The van der Waals surface area contributed by atoms with Crippen molar-refractivity contribution in [2.24, 2.45) is 5.16 Å². The highest BCUT2D eigenvalue weighted by atomic mass is 35.5. The smallest absolute Gasteiger partial charge is 0.312 e. The molecule has 0 radical (unpaired) electrons. The van der Waals surface area contributed by atoms with Gasteiger partial charge in [0.1, 0.15) is 11.1 Å². The first-order valence-corrected chi connectivity index (χ1v) is 8.96. The zero-order valence-corrected chi connectivity index (χ0v) is 15.6. The predicted molar refractivity (Wildman–Crippen MR) is 105 cm³/mol. The zero-order chi connectivity index (χ0) is 17.8. The van der Waals surface area contributed by atoms with E-state index >= 15 is 0 Å². The zero-order valence-electron chi connectivity index (χ0n) is 13.2. The van der Waals surface area contributed by atoms with Crippen LogP contribution >= 0.6 is 35.6 Å². The maximum Gasteiger partial charge on any atom is 0.365 e. The summed E-state index contributed by atoms with van der Waals surface area (Å²) in [5.41, 5.74) is 4.60. The second-order valence-corrected chi connectivity index (χ2v) is 7.31. The fourth-order valence-corrected chi connectivity index (χ4v) is 3.36. The second kappa shape index (κ2) is 7.97. The number of benzene rings is 2. The summed E-state index contributed by atoms with van der Waals surface area (Å²) in [4.78, 5) is 17.3. The Morgan fingerprint density at radius 1 is 1.24 bits per heavy atom. The normalized spacial score (nSPS) is 19.1. The van der Waals surface area contributed by atoms with Crippen LogP contribution in [0.1, 0.15) is 22.0 Å². The number of hydrazine groups is 1. The Kier molecular flexibility index (Phi) is 5.70. The number of hydrogen-bond acceptors (Lipinski definition) is 6. The van der Waals surface area contributed by atoms with Gasteiger partial charge in [-0.1, -0.05) is 59.3 Å². The number of oxime groups is 1.